The Kier molecular flexibility index (Phi) is 8.17. The van der Waals surface area contributed by atoms with E-state index in [2.05, 4.69) is 50.7 Å². The Morgan fingerprint density at radius 1 is 0.909 bits per heavy atom. The second kappa shape index (κ2) is 11.7. The van der Waals surface area contributed by atoms with Crippen LogP contribution in [-0.4, -0.2) is 17.9 Å². The number of hydrazone groups is 1. The van der Waals surface area contributed by atoms with Crippen molar-refractivity contribution < 1.29 is 9.53 Å². The largest absolute Gasteiger partial charge is 0.489 e. The fourth-order valence-electron chi connectivity index (χ4n) is 3.31. The maximum Gasteiger partial charge on any atom is 0.250 e. The fourth-order valence-corrected chi connectivity index (χ4v) is 4.74. The number of benzene rings is 4. The lowest BCUT2D eigenvalue weighted by Gasteiger charge is -2.09. The second-order valence-corrected chi connectivity index (χ2v) is 9.21. The van der Waals surface area contributed by atoms with Crippen LogP contribution in [0.4, 0.5) is 0 Å². The molecule has 4 aromatic rings. The highest BCUT2D eigenvalue weighted by Gasteiger charge is 2.04. The summed E-state index contributed by atoms with van der Waals surface area (Å²) in [6.07, 6.45) is 1.63. The van der Waals surface area contributed by atoms with Crippen LogP contribution in [0, 0.1) is 0 Å². The molecule has 0 unspecified atom stereocenters. The van der Waals surface area contributed by atoms with E-state index in [4.69, 9.17) is 4.74 Å². The first-order valence-electron chi connectivity index (χ1n) is 10.5. The van der Waals surface area contributed by atoms with Crippen LogP contribution in [0.2, 0.25) is 0 Å². The van der Waals surface area contributed by atoms with Gasteiger partial charge in [-0.3, -0.25) is 4.79 Å². The maximum atomic E-state index is 12.0. The number of carbonyl (C=O) groups is 1. The van der Waals surface area contributed by atoms with Crippen molar-refractivity contribution in [3.8, 4) is 5.75 Å². The molecule has 0 fully saturated rings. The molecule has 0 radical (unpaired) electrons. The van der Waals surface area contributed by atoms with Crippen LogP contribution in [0.3, 0.4) is 0 Å². The highest BCUT2D eigenvalue weighted by atomic mass is 79.9. The quantitative estimate of drug-likeness (QED) is 0.201. The number of hydrogen-bond acceptors (Lipinski definition) is 4. The predicted molar refractivity (Wildman–Crippen MR) is 141 cm³/mol. The Balaban J connectivity index is 1.22. The monoisotopic (exact) mass is 518 g/mol. The molecule has 0 heterocycles. The summed E-state index contributed by atoms with van der Waals surface area (Å²) in [6, 6.07) is 30.2. The Labute approximate surface area is 206 Å². The summed E-state index contributed by atoms with van der Waals surface area (Å²) < 4.78 is 7.02. The van der Waals surface area contributed by atoms with Crippen molar-refractivity contribution in [2.75, 3.05) is 5.75 Å². The first kappa shape index (κ1) is 23.1. The number of hydrogen-bond donors (Lipinski definition) is 1. The molecule has 1 N–H and O–H groups in total. The molecule has 4 nitrogen and oxygen atoms in total. The number of thioether (sulfide) groups is 1. The van der Waals surface area contributed by atoms with Gasteiger partial charge >= 0.3 is 0 Å². The van der Waals surface area contributed by atoms with E-state index in [0.717, 1.165) is 27.1 Å². The van der Waals surface area contributed by atoms with Crippen molar-refractivity contribution in [3.05, 3.63) is 112 Å². The third-order valence-corrected chi connectivity index (χ3v) is 6.76. The molecule has 0 atom stereocenters. The van der Waals surface area contributed by atoms with Gasteiger partial charge in [-0.15, -0.1) is 11.8 Å². The summed E-state index contributed by atoms with van der Waals surface area (Å²) >= 11 is 5.07. The van der Waals surface area contributed by atoms with E-state index < -0.39 is 0 Å². The van der Waals surface area contributed by atoms with Gasteiger partial charge in [-0.05, 0) is 57.8 Å². The zero-order valence-electron chi connectivity index (χ0n) is 17.9. The van der Waals surface area contributed by atoms with Gasteiger partial charge in [-0.1, -0.05) is 76.6 Å². The van der Waals surface area contributed by atoms with Gasteiger partial charge < -0.3 is 4.74 Å². The Hall–Kier alpha value is -3.09. The minimum atomic E-state index is -0.127. The normalized spacial score (nSPS) is 11.1. The minimum Gasteiger partial charge on any atom is -0.489 e. The number of carbonyl (C=O) groups excluding carboxylic acids is 1. The molecule has 0 bridgehead atoms. The fraction of sp³-hybridized carbons (Fsp3) is 0.111. The Morgan fingerprint density at radius 2 is 1.64 bits per heavy atom. The lowest BCUT2D eigenvalue weighted by Crippen LogP contribution is -2.19. The summed E-state index contributed by atoms with van der Waals surface area (Å²) in [5, 5.41) is 6.46. The lowest BCUT2D eigenvalue weighted by atomic mass is 10.1. The highest BCUT2D eigenvalue weighted by molar-refractivity contribution is 9.10. The van der Waals surface area contributed by atoms with Crippen molar-refractivity contribution in [2.24, 2.45) is 5.10 Å². The average Bonchev–Trinajstić information content (AvgIpc) is 2.85. The molecule has 0 saturated carbocycles. The van der Waals surface area contributed by atoms with E-state index in [1.54, 1.807) is 18.0 Å². The van der Waals surface area contributed by atoms with E-state index in [0.29, 0.717) is 12.4 Å². The van der Waals surface area contributed by atoms with Crippen molar-refractivity contribution >= 4 is 50.6 Å². The van der Waals surface area contributed by atoms with Crippen LogP contribution in [0.1, 0.15) is 16.7 Å². The zero-order valence-corrected chi connectivity index (χ0v) is 20.3. The molecule has 0 saturated heterocycles. The number of ether oxygens (including phenoxy) is 1. The lowest BCUT2D eigenvalue weighted by molar-refractivity contribution is -0.118. The molecule has 4 rings (SSSR count). The van der Waals surface area contributed by atoms with Crippen molar-refractivity contribution in [2.45, 2.75) is 12.4 Å². The van der Waals surface area contributed by atoms with E-state index in [1.165, 1.54) is 16.3 Å². The number of nitrogens with zero attached hydrogens (tertiary/aromatic N) is 1. The van der Waals surface area contributed by atoms with Crippen molar-refractivity contribution in [3.63, 3.8) is 0 Å². The smallest absolute Gasteiger partial charge is 0.250 e. The summed E-state index contributed by atoms with van der Waals surface area (Å²) in [5.74, 6) is 1.77. The van der Waals surface area contributed by atoms with Gasteiger partial charge in [0.15, 0.2) is 0 Å². The molecule has 166 valence electrons. The zero-order chi connectivity index (χ0) is 22.9. The number of nitrogens with one attached hydrogen (secondary N) is 1. The molecule has 0 aromatic heterocycles. The number of fused-ring (bicyclic) bond motifs is 1. The van der Waals surface area contributed by atoms with Gasteiger partial charge in [0.1, 0.15) is 12.4 Å². The van der Waals surface area contributed by atoms with Crippen LogP contribution >= 0.6 is 27.7 Å². The highest BCUT2D eigenvalue weighted by Crippen LogP contribution is 2.22. The van der Waals surface area contributed by atoms with Crippen LogP contribution < -0.4 is 10.2 Å². The molecule has 0 aliphatic rings. The number of amides is 1. The Morgan fingerprint density at radius 3 is 2.48 bits per heavy atom. The third kappa shape index (κ3) is 6.70. The van der Waals surface area contributed by atoms with Crippen molar-refractivity contribution in [1.82, 2.24) is 5.43 Å². The molecule has 4 aromatic carbocycles. The number of rotatable bonds is 9. The van der Waals surface area contributed by atoms with E-state index >= 15 is 0 Å². The summed E-state index contributed by atoms with van der Waals surface area (Å²) in [4.78, 5) is 12.0. The minimum absolute atomic E-state index is 0.127. The summed E-state index contributed by atoms with van der Waals surface area (Å²) in [7, 11) is 0. The molecular weight excluding hydrogens is 496 g/mol. The average molecular weight is 519 g/mol. The molecule has 0 aliphatic carbocycles. The van der Waals surface area contributed by atoms with Gasteiger partial charge in [-0.25, -0.2) is 5.43 Å². The van der Waals surface area contributed by atoms with Gasteiger partial charge in [-0.2, -0.15) is 5.10 Å². The van der Waals surface area contributed by atoms with Gasteiger partial charge in [0, 0.05) is 10.2 Å². The Bertz CT molecular complexity index is 1250. The molecule has 0 aliphatic heterocycles. The van der Waals surface area contributed by atoms with Crippen LogP contribution in [0.5, 0.6) is 5.75 Å². The standard InChI is InChI=1S/C27H23BrN2O2S/c28-26-11-4-2-7-23(26)18-33-19-27(31)30-29-16-20-12-14-24(15-13-20)32-17-22-9-5-8-21-6-1-3-10-25(21)22/h1-16H,17-19H2,(H,30,31). The molecule has 6 heteroatoms. The molecular formula is C27H23BrN2O2S. The van der Waals surface area contributed by atoms with E-state index in [-0.39, 0.29) is 5.91 Å². The van der Waals surface area contributed by atoms with Crippen molar-refractivity contribution in [1.29, 1.82) is 0 Å². The third-order valence-electron chi connectivity index (χ3n) is 5.01. The SMILES string of the molecule is O=C(CSCc1ccccc1Br)NN=Cc1ccc(OCc2cccc3ccccc23)cc1. The van der Waals surface area contributed by atoms with Crippen LogP contribution in [0.15, 0.2) is 101 Å². The molecule has 1 amide bonds. The van der Waals surface area contributed by atoms with Gasteiger partial charge in [0.2, 0.25) is 5.91 Å². The van der Waals surface area contributed by atoms with Crippen LogP contribution in [0.25, 0.3) is 10.8 Å². The summed E-state index contributed by atoms with van der Waals surface area (Å²) in [6.45, 7) is 0.502. The summed E-state index contributed by atoms with van der Waals surface area (Å²) in [5.41, 5.74) is 5.78. The first-order valence-corrected chi connectivity index (χ1v) is 12.5. The van der Waals surface area contributed by atoms with Crippen LogP contribution in [-0.2, 0) is 17.2 Å². The molecule has 33 heavy (non-hydrogen) atoms. The predicted octanol–water partition coefficient (Wildman–Crippen LogP) is 6.56. The van der Waals surface area contributed by atoms with Gasteiger partial charge in [0.25, 0.3) is 0 Å². The molecule has 0 spiro atoms. The van der Waals surface area contributed by atoms with E-state index in [1.807, 2.05) is 66.7 Å². The number of halogens is 1. The van der Waals surface area contributed by atoms with Gasteiger partial charge in [0.05, 0.1) is 12.0 Å². The second-order valence-electron chi connectivity index (χ2n) is 7.37. The first-order chi connectivity index (χ1) is 16.2. The van der Waals surface area contributed by atoms with E-state index in [9.17, 15) is 4.79 Å². The maximum absolute atomic E-state index is 12.0. The topological polar surface area (TPSA) is 50.7 Å².